The zero-order valence-electron chi connectivity index (χ0n) is 16.3. The molecule has 30 heavy (non-hydrogen) atoms. The maximum Gasteiger partial charge on any atom is 0.215 e. The molecule has 9 heteroatoms. The number of benzene rings is 2. The third-order valence-electron chi connectivity index (χ3n) is 4.56. The van der Waals surface area contributed by atoms with Crippen molar-refractivity contribution in [3.63, 3.8) is 0 Å². The number of hydrogen-bond acceptors (Lipinski definition) is 7. The van der Waals surface area contributed by atoms with E-state index >= 15 is 0 Å². The second kappa shape index (κ2) is 8.68. The van der Waals surface area contributed by atoms with Crippen molar-refractivity contribution in [2.24, 2.45) is 0 Å². The molecule has 1 N–H and O–H groups in total. The van der Waals surface area contributed by atoms with Crippen molar-refractivity contribution in [1.29, 1.82) is 0 Å². The molecule has 1 aliphatic rings. The van der Waals surface area contributed by atoms with Crippen molar-refractivity contribution in [2.75, 3.05) is 19.5 Å². The maximum atomic E-state index is 12.5. The molecule has 1 unspecified atom stereocenters. The number of rotatable bonds is 7. The SMILES string of the molecule is COc1ccc(-c2cc(CNS(=O)(=O)CC3COc4ccccc4O3)ncn2)cc1. The number of methoxy groups -OCH3 is 1. The van der Waals surface area contributed by atoms with E-state index in [1.807, 2.05) is 36.4 Å². The predicted molar refractivity (Wildman–Crippen MR) is 111 cm³/mol. The van der Waals surface area contributed by atoms with Crippen LogP contribution in [0.3, 0.4) is 0 Å². The van der Waals surface area contributed by atoms with Crippen molar-refractivity contribution < 1.29 is 22.6 Å². The van der Waals surface area contributed by atoms with Crippen LogP contribution in [0.15, 0.2) is 60.9 Å². The van der Waals surface area contributed by atoms with Crippen LogP contribution < -0.4 is 18.9 Å². The predicted octanol–water partition coefficient (Wildman–Crippen LogP) is 2.41. The first-order valence-corrected chi connectivity index (χ1v) is 11.0. The fraction of sp³-hybridized carbons (Fsp3) is 0.238. The molecule has 4 rings (SSSR count). The first kappa shape index (κ1) is 20.1. The van der Waals surface area contributed by atoms with Gasteiger partial charge in [-0.2, -0.15) is 0 Å². The third-order valence-corrected chi connectivity index (χ3v) is 5.95. The van der Waals surface area contributed by atoms with Gasteiger partial charge in [-0.25, -0.2) is 23.1 Å². The number of ether oxygens (including phenoxy) is 3. The van der Waals surface area contributed by atoms with Gasteiger partial charge in [0.05, 0.1) is 25.0 Å². The van der Waals surface area contributed by atoms with Crippen LogP contribution in [0.4, 0.5) is 0 Å². The van der Waals surface area contributed by atoms with E-state index < -0.39 is 16.1 Å². The Labute approximate surface area is 174 Å². The normalized spacial score (nSPS) is 15.6. The average Bonchev–Trinajstić information content (AvgIpc) is 2.78. The third kappa shape index (κ3) is 4.87. The zero-order valence-corrected chi connectivity index (χ0v) is 17.1. The van der Waals surface area contributed by atoms with E-state index in [1.54, 1.807) is 25.3 Å². The number of para-hydroxylation sites is 2. The standard InChI is InChI=1S/C21H21N3O5S/c1-27-17-8-6-15(7-9-17)19-10-16(22-14-23-19)11-24-30(25,26)13-18-12-28-20-4-2-3-5-21(20)29-18/h2-10,14,18,24H,11-13H2,1H3. The molecule has 0 radical (unpaired) electrons. The lowest BCUT2D eigenvalue weighted by atomic mass is 10.1. The molecule has 2 heterocycles. The molecule has 0 spiro atoms. The van der Waals surface area contributed by atoms with Gasteiger partial charge in [0.15, 0.2) is 11.5 Å². The first-order valence-electron chi connectivity index (χ1n) is 9.33. The number of nitrogens with zero attached hydrogens (tertiary/aromatic N) is 2. The molecule has 2 aromatic carbocycles. The van der Waals surface area contributed by atoms with E-state index in [0.717, 1.165) is 11.3 Å². The van der Waals surface area contributed by atoms with Crippen LogP contribution in [0.1, 0.15) is 5.69 Å². The maximum absolute atomic E-state index is 12.5. The van der Waals surface area contributed by atoms with Gasteiger partial charge >= 0.3 is 0 Å². The van der Waals surface area contributed by atoms with Crippen LogP contribution in [0.2, 0.25) is 0 Å². The minimum atomic E-state index is -3.60. The number of hydrogen-bond donors (Lipinski definition) is 1. The molecule has 0 fully saturated rings. The van der Waals surface area contributed by atoms with Crippen LogP contribution >= 0.6 is 0 Å². The highest BCUT2D eigenvalue weighted by Gasteiger charge is 2.26. The van der Waals surface area contributed by atoms with E-state index in [9.17, 15) is 8.42 Å². The molecule has 0 amide bonds. The number of fused-ring (bicyclic) bond motifs is 1. The smallest absolute Gasteiger partial charge is 0.215 e. The highest BCUT2D eigenvalue weighted by Crippen LogP contribution is 2.31. The molecule has 8 nitrogen and oxygen atoms in total. The Hall–Kier alpha value is -3.17. The lowest BCUT2D eigenvalue weighted by Gasteiger charge is -2.26. The van der Waals surface area contributed by atoms with Gasteiger partial charge in [-0.05, 0) is 42.5 Å². The summed E-state index contributed by atoms with van der Waals surface area (Å²) in [5, 5.41) is 0. The molecule has 0 saturated heterocycles. The van der Waals surface area contributed by atoms with Crippen LogP contribution in [0, 0.1) is 0 Å². The highest BCUT2D eigenvalue weighted by atomic mass is 32.2. The fourth-order valence-electron chi connectivity index (χ4n) is 3.05. The van der Waals surface area contributed by atoms with E-state index in [-0.39, 0.29) is 18.9 Å². The number of sulfonamides is 1. The number of nitrogens with one attached hydrogen (secondary N) is 1. The summed E-state index contributed by atoms with van der Waals surface area (Å²) in [6.45, 7) is 0.227. The topological polar surface area (TPSA) is 99.6 Å². The lowest BCUT2D eigenvalue weighted by Crippen LogP contribution is -2.39. The summed E-state index contributed by atoms with van der Waals surface area (Å²) < 4.78 is 44.1. The highest BCUT2D eigenvalue weighted by molar-refractivity contribution is 7.89. The minimum Gasteiger partial charge on any atom is -0.497 e. The monoisotopic (exact) mass is 427 g/mol. The van der Waals surface area contributed by atoms with Gasteiger partial charge in [-0.15, -0.1) is 0 Å². The molecule has 0 bridgehead atoms. The van der Waals surface area contributed by atoms with Gasteiger partial charge in [-0.3, -0.25) is 0 Å². The van der Waals surface area contributed by atoms with Crippen LogP contribution in [-0.4, -0.2) is 44.0 Å². The largest absolute Gasteiger partial charge is 0.497 e. The summed E-state index contributed by atoms with van der Waals surface area (Å²) >= 11 is 0. The van der Waals surface area contributed by atoms with Crippen LogP contribution in [0.5, 0.6) is 17.2 Å². The van der Waals surface area contributed by atoms with Crippen LogP contribution in [0.25, 0.3) is 11.3 Å². The summed E-state index contributed by atoms with van der Waals surface area (Å²) in [6, 6.07) is 16.4. The van der Waals surface area contributed by atoms with E-state index in [1.165, 1.54) is 6.33 Å². The van der Waals surface area contributed by atoms with Gasteiger partial charge in [0, 0.05) is 5.56 Å². The van der Waals surface area contributed by atoms with Gasteiger partial charge in [0.25, 0.3) is 0 Å². The Balaban J connectivity index is 1.38. The second-order valence-corrected chi connectivity index (χ2v) is 8.57. The molecule has 1 aromatic heterocycles. The second-order valence-electron chi connectivity index (χ2n) is 6.72. The average molecular weight is 427 g/mol. The van der Waals surface area contributed by atoms with Crippen molar-refractivity contribution >= 4 is 10.0 Å². The molecular formula is C21H21N3O5S. The van der Waals surface area contributed by atoms with Crippen molar-refractivity contribution in [3.05, 3.63) is 66.6 Å². The van der Waals surface area contributed by atoms with Gasteiger partial charge in [-0.1, -0.05) is 12.1 Å². The first-order chi connectivity index (χ1) is 14.5. The summed E-state index contributed by atoms with van der Waals surface area (Å²) in [6.07, 6.45) is 0.829. The molecule has 1 aliphatic heterocycles. The van der Waals surface area contributed by atoms with Gasteiger partial charge in [0.1, 0.15) is 30.5 Å². The molecule has 156 valence electrons. The van der Waals surface area contributed by atoms with Crippen molar-refractivity contribution in [1.82, 2.24) is 14.7 Å². The van der Waals surface area contributed by atoms with E-state index in [0.29, 0.717) is 22.9 Å². The Bertz CT molecular complexity index is 1120. The molecule has 0 aliphatic carbocycles. The Morgan fingerprint density at radius 2 is 1.87 bits per heavy atom. The zero-order chi connectivity index (χ0) is 21.0. The summed E-state index contributed by atoms with van der Waals surface area (Å²) in [5.41, 5.74) is 2.14. The minimum absolute atomic E-state index is 0.0537. The van der Waals surface area contributed by atoms with Crippen LogP contribution in [-0.2, 0) is 16.6 Å². The quantitative estimate of drug-likeness (QED) is 0.618. The molecular weight excluding hydrogens is 406 g/mol. The molecule has 0 saturated carbocycles. The summed E-state index contributed by atoms with van der Waals surface area (Å²) in [7, 11) is -2.00. The van der Waals surface area contributed by atoms with Gasteiger partial charge in [0.2, 0.25) is 10.0 Å². The van der Waals surface area contributed by atoms with Crippen molar-refractivity contribution in [3.8, 4) is 28.5 Å². The van der Waals surface area contributed by atoms with E-state index in [2.05, 4.69) is 14.7 Å². The Morgan fingerprint density at radius 3 is 2.63 bits per heavy atom. The van der Waals surface area contributed by atoms with E-state index in [4.69, 9.17) is 14.2 Å². The molecule has 3 aromatic rings. The number of aromatic nitrogens is 2. The lowest BCUT2D eigenvalue weighted by molar-refractivity contribution is 0.106. The summed E-state index contributed by atoms with van der Waals surface area (Å²) in [5.74, 6) is 1.70. The Morgan fingerprint density at radius 1 is 1.10 bits per heavy atom. The summed E-state index contributed by atoms with van der Waals surface area (Å²) in [4.78, 5) is 8.42. The fourth-order valence-corrected chi connectivity index (χ4v) is 4.19. The van der Waals surface area contributed by atoms with Gasteiger partial charge < -0.3 is 14.2 Å². The molecule has 1 atom stereocenters. The Kier molecular flexibility index (Phi) is 5.82. The van der Waals surface area contributed by atoms with Crippen molar-refractivity contribution in [2.45, 2.75) is 12.6 Å².